The van der Waals surface area contributed by atoms with Gasteiger partial charge in [-0.25, -0.2) is 4.79 Å². The van der Waals surface area contributed by atoms with Gasteiger partial charge in [0.05, 0.1) is 12.1 Å². The molecular formula is C20H24N2O4. The summed E-state index contributed by atoms with van der Waals surface area (Å²) in [5, 5.41) is 10.8. The number of hydrogen-bond acceptors (Lipinski definition) is 5. The van der Waals surface area contributed by atoms with Gasteiger partial charge in [0.1, 0.15) is 5.75 Å². The van der Waals surface area contributed by atoms with E-state index in [0.29, 0.717) is 24.5 Å². The number of carbonyl (C=O) groups is 1. The Morgan fingerprint density at radius 1 is 1.35 bits per heavy atom. The summed E-state index contributed by atoms with van der Waals surface area (Å²) in [7, 11) is 0. The van der Waals surface area contributed by atoms with E-state index in [4.69, 9.17) is 9.47 Å². The van der Waals surface area contributed by atoms with Crippen molar-refractivity contribution in [3.8, 4) is 5.75 Å². The lowest BCUT2D eigenvalue weighted by Crippen LogP contribution is -2.53. The molecule has 2 aliphatic rings. The lowest BCUT2D eigenvalue weighted by atomic mass is 9.90. The van der Waals surface area contributed by atoms with Crippen LogP contribution in [-0.4, -0.2) is 59.4 Å². The summed E-state index contributed by atoms with van der Waals surface area (Å²) in [5.41, 5.74) is -0.281. The summed E-state index contributed by atoms with van der Waals surface area (Å²) in [6.45, 7) is 4.12. The topological polar surface area (TPSA) is 71.9 Å². The Kier molecular flexibility index (Phi) is 4.78. The molecule has 2 fully saturated rings. The first-order valence-electron chi connectivity index (χ1n) is 9.22. The molecule has 1 atom stereocenters. The molecule has 0 aliphatic carbocycles. The Labute approximate surface area is 152 Å². The number of piperidine rings is 1. The molecule has 0 bridgehead atoms. The fraction of sp³-hybridized carbons (Fsp3) is 0.500. The van der Waals surface area contributed by atoms with Crippen LogP contribution in [-0.2, 0) is 9.53 Å². The largest absolute Gasteiger partial charge is 0.478 e. The highest BCUT2D eigenvalue weighted by Crippen LogP contribution is 2.31. The molecule has 0 unspecified atom stereocenters. The SMILES string of the molecule is O=C(O)C1(Oc2ccc3ncccc3c2)CCN(C[C@@H]2CCOC2)CC1. The molecule has 1 aromatic carbocycles. The maximum absolute atomic E-state index is 12.0. The quantitative estimate of drug-likeness (QED) is 0.888. The number of likely N-dealkylation sites (tertiary alicyclic amines) is 1. The van der Waals surface area contributed by atoms with E-state index in [0.717, 1.165) is 50.2 Å². The maximum atomic E-state index is 12.0. The van der Waals surface area contributed by atoms with E-state index in [1.54, 1.807) is 6.20 Å². The van der Waals surface area contributed by atoms with Gasteiger partial charge < -0.3 is 19.5 Å². The van der Waals surface area contributed by atoms with Gasteiger partial charge in [0.2, 0.25) is 5.60 Å². The molecule has 2 saturated heterocycles. The average molecular weight is 356 g/mol. The molecule has 0 saturated carbocycles. The molecule has 3 heterocycles. The van der Waals surface area contributed by atoms with E-state index in [-0.39, 0.29) is 0 Å². The smallest absolute Gasteiger partial charge is 0.348 e. The van der Waals surface area contributed by atoms with Crippen molar-refractivity contribution >= 4 is 16.9 Å². The summed E-state index contributed by atoms with van der Waals surface area (Å²) in [4.78, 5) is 18.7. The summed E-state index contributed by atoms with van der Waals surface area (Å²) in [6, 6.07) is 9.37. The number of aromatic nitrogens is 1. The fourth-order valence-electron chi connectivity index (χ4n) is 3.89. The van der Waals surface area contributed by atoms with Gasteiger partial charge in [-0.05, 0) is 36.6 Å². The van der Waals surface area contributed by atoms with E-state index in [1.807, 2.05) is 30.3 Å². The highest BCUT2D eigenvalue weighted by atomic mass is 16.5. The highest BCUT2D eigenvalue weighted by Gasteiger charge is 2.44. The minimum atomic E-state index is -1.15. The molecule has 1 aromatic heterocycles. The summed E-state index contributed by atoms with van der Waals surface area (Å²) < 4.78 is 11.5. The molecule has 6 heteroatoms. The maximum Gasteiger partial charge on any atom is 0.348 e. The number of ether oxygens (including phenoxy) is 2. The molecular weight excluding hydrogens is 332 g/mol. The monoisotopic (exact) mass is 356 g/mol. The van der Waals surface area contributed by atoms with Gasteiger partial charge in [0, 0.05) is 50.7 Å². The minimum absolute atomic E-state index is 0.487. The van der Waals surface area contributed by atoms with Crippen LogP contribution in [0.5, 0.6) is 5.75 Å². The van der Waals surface area contributed by atoms with Crippen molar-refractivity contribution in [1.82, 2.24) is 9.88 Å². The third kappa shape index (κ3) is 3.52. The van der Waals surface area contributed by atoms with Gasteiger partial charge >= 0.3 is 5.97 Å². The first-order chi connectivity index (χ1) is 12.6. The Morgan fingerprint density at radius 3 is 2.92 bits per heavy atom. The van der Waals surface area contributed by atoms with Gasteiger partial charge in [-0.3, -0.25) is 4.98 Å². The van der Waals surface area contributed by atoms with Gasteiger partial charge in [-0.2, -0.15) is 0 Å². The van der Waals surface area contributed by atoms with Crippen molar-refractivity contribution in [2.45, 2.75) is 24.9 Å². The molecule has 0 spiro atoms. The number of hydrogen-bond donors (Lipinski definition) is 1. The van der Waals surface area contributed by atoms with Crippen molar-refractivity contribution < 1.29 is 19.4 Å². The van der Waals surface area contributed by atoms with Crippen molar-refractivity contribution in [3.05, 3.63) is 36.5 Å². The predicted molar refractivity (Wildman–Crippen MR) is 97.3 cm³/mol. The molecule has 0 radical (unpaired) electrons. The first kappa shape index (κ1) is 17.2. The first-order valence-corrected chi connectivity index (χ1v) is 9.22. The molecule has 1 N–H and O–H groups in total. The number of rotatable bonds is 5. The summed E-state index contributed by atoms with van der Waals surface area (Å²) in [5.74, 6) is 0.277. The van der Waals surface area contributed by atoms with Crippen molar-refractivity contribution in [2.75, 3.05) is 32.8 Å². The van der Waals surface area contributed by atoms with Gasteiger partial charge in [-0.1, -0.05) is 6.07 Å². The second-order valence-corrected chi connectivity index (χ2v) is 7.29. The van der Waals surface area contributed by atoms with Crippen LogP contribution in [0.2, 0.25) is 0 Å². The summed E-state index contributed by atoms with van der Waals surface area (Å²) in [6.07, 6.45) is 3.82. The minimum Gasteiger partial charge on any atom is -0.478 e. The molecule has 0 amide bonds. The van der Waals surface area contributed by atoms with Gasteiger partial charge in [0.25, 0.3) is 0 Å². The Bertz CT molecular complexity index is 780. The third-order valence-corrected chi connectivity index (χ3v) is 5.48. The number of pyridine rings is 1. The molecule has 138 valence electrons. The van der Waals surface area contributed by atoms with Crippen LogP contribution in [0.25, 0.3) is 10.9 Å². The van der Waals surface area contributed by atoms with E-state index in [1.165, 1.54) is 0 Å². The second kappa shape index (κ2) is 7.21. The molecule has 2 aliphatic heterocycles. The van der Waals surface area contributed by atoms with E-state index in [9.17, 15) is 9.90 Å². The molecule has 2 aromatic rings. The lowest BCUT2D eigenvalue weighted by molar-refractivity contribution is -0.159. The van der Waals surface area contributed by atoms with Gasteiger partial charge in [-0.15, -0.1) is 0 Å². The third-order valence-electron chi connectivity index (χ3n) is 5.48. The number of aliphatic carboxylic acids is 1. The lowest BCUT2D eigenvalue weighted by Gasteiger charge is -2.39. The fourth-order valence-corrected chi connectivity index (χ4v) is 3.89. The number of fused-ring (bicyclic) bond motifs is 1. The zero-order chi connectivity index (χ0) is 18.0. The van der Waals surface area contributed by atoms with Crippen LogP contribution < -0.4 is 4.74 Å². The zero-order valence-corrected chi connectivity index (χ0v) is 14.8. The second-order valence-electron chi connectivity index (χ2n) is 7.29. The predicted octanol–water partition coefficient (Wildman–Crippen LogP) is 2.57. The van der Waals surface area contributed by atoms with E-state index >= 15 is 0 Å². The molecule has 4 rings (SSSR count). The average Bonchev–Trinajstić information content (AvgIpc) is 3.16. The normalized spacial score (nSPS) is 23.2. The van der Waals surface area contributed by atoms with Crippen LogP contribution in [0.4, 0.5) is 0 Å². The van der Waals surface area contributed by atoms with Crippen molar-refractivity contribution in [2.24, 2.45) is 5.92 Å². The Morgan fingerprint density at radius 2 is 2.19 bits per heavy atom. The number of carboxylic acids is 1. The van der Waals surface area contributed by atoms with Crippen LogP contribution >= 0.6 is 0 Å². The van der Waals surface area contributed by atoms with Crippen LogP contribution in [0, 0.1) is 5.92 Å². The highest BCUT2D eigenvalue weighted by molar-refractivity contribution is 5.81. The Balaban J connectivity index is 1.45. The van der Waals surface area contributed by atoms with E-state index < -0.39 is 11.6 Å². The molecule has 6 nitrogen and oxygen atoms in total. The standard InChI is InChI=1S/C20H24N2O4/c23-19(24)20(6-9-22(10-7-20)13-15-5-11-25-14-15)26-17-3-4-18-16(12-17)2-1-8-21-18/h1-4,8,12,15H,5-7,9-11,13-14H2,(H,23,24)/t15-/m0/s1. The van der Waals surface area contributed by atoms with Gasteiger partial charge in [0.15, 0.2) is 0 Å². The Hall–Kier alpha value is -2.18. The number of benzene rings is 1. The van der Waals surface area contributed by atoms with Crippen LogP contribution in [0.1, 0.15) is 19.3 Å². The van der Waals surface area contributed by atoms with Crippen molar-refractivity contribution in [1.29, 1.82) is 0 Å². The number of carboxylic acid groups (broad SMARTS) is 1. The van der Waals surface area contributed by atoms with Crippen LogP contribution in [0.3, 0.4) is 0 Å². The van der Waals surface area contributed by atoms with E-state index in [2.05, 4.69) is 9.88 Å². The zero-order valence-electron chi connectivity index (χ0n) is 14.8. The summed E-state index contributed by atoms with van der Waals surface area (Å²) >= 11 is 0. The molecule has 26 heavy (non-hydrogen) atoms. The van der Waals surface area contributed by atoms with Crippen molar-refractivity contribution in [3.63, 3.8) is 0 Å². The van der Waals surface area contributed by atoms with Crippen LogP contribution in [0.15, 0.2) is 36.5 Å². The number of nitrogens with zero attached hydrogens (tertiary/aromatic N) is 2.